The van der Waals surface area contributed by atoms with E-state index in [1.807, 2.05) is 24.3 Å². The molecule has 4 N–H and O–H groups in total. The number of fused-ring (bicyclic) bond motifs is 1. The van der Waals surface area contributed by atoms with Gasteiger partial charge in [-0.1, -0.05) is 18.2 Å². The molecule has 0 atom stereocenters. The van der Waals surface area contributed by atoms with Gasteiger partial charge < -0.3 is 16.4 Å². The zero-order chi connectivity index (χ0) is 14.8. The molecule has 2 aromatic carbocycles. The van der Waals surface area contributed by atoms with Gasteiger partial charge in [-0.3, -0.25) is 4.79 Å². The lowest BCUT2D eigenvalue weighted by Crippen LogP contribution is -2.28. The second-order valence-electron chi connectivity index (χ2n) is 5.47. The molecule has 108 valence electrons. The first-order chi connectivity index (χ1) is 10.1. The molecule has 4 heteroatoms. The van der Waals surface area contributed by atoms with Gasteiger partial charge in [0.25, 0.3) is 0 Å². The molecule has 0 spiro atoms. The Balaban J connectivity index is 1.83. The average molecular weight is 281 g/mol. The number of nitrogen functional groups attached to an aromatic ring is 1. The van der Waals surface area contributed by atoms with Gasteiger partial charge in [0.2, 0.25) is 5.91 Å². The van der Waals surface area contributed by atoms with E-state index >= 15 is 0 Å². The van der Waals surface area contributed by atoms with Crippen molar-refractivity contribution in [2.24, 2.45) is 5.73 Å². The summed E-state index contributed by atoms with van der Waals surface area (Å²) in [5.41, 5.74) is 16.3. The van der Waals surface area contributed by atoms with E-state index in [0.29, 0.717) is 5.56 Å². The van der Waals surface area contributed by atoms with Gasteiger partial charge in [-0.25, -0.2) is 0 Å². The van der Waals surface area contributed by atoms with Crippen LogP contribution in [0, 0.1) is 0 Å². The van der Waals surface area contributed by atoms with Crippen molar-refractivity contribution in [3.63, 3.8) is 0 Å². The predicted molar refractivity (Wildman–Crippen MR) is 85.2 cm³/mol. The monoisotopic (exact) mass is 281 g/mol. The molecule has 1 aliphatic rings. The maximum atomic E-state index is 11.1. The quantitative estimate of drug-likeness (QED) is 0.848. The molecule has 0 radical (unpaired) electrons. The number of nitrogens with two attached hydrogens (primary N) is 2. The minimum Gasteiger partial charge on any atom is -0.399 e. The molecule has 1 aliphatic heterocycles. The lowest BCUT2D eigenvalue weighted by molar-refractivity contribution is 0.100. The standard InChI is InChI=1S/C17H19N3O/c18-15-8-7-13-2-1-9-20(16(13)10-15)11-12-3-5-14(6-4-12)17(19)21/h3-8,10H,1-2,9,11,18H2,(H2,19,21). The van der Waals surface area contributed by atoms with Crippen molar-refractivity contribution < 1.29 is 4.79 Å². The fourth-order valence-corrected chi connectivity index (χ4v) is 2.83. The van der Waals surface area contributed by atoms with Crippen molar-refractivity contribution in [1.82, 2.24) is 0 Å². The van der Waals surface area contributed by atoms with Gasteiger partial charge in [-0.05, 0) is 48.2 Å². The summed E-state index contributed by atoms with van der Waals surface area (Å²) in [7, 11) is 0. The molecule has 0 fully saturated rings. The Labute approximate surface area is 124 Å². The second-order valence-corrected chi connectivity index (χ2v) is 5.47. The van der Waals surface area contributed by atoms with Gasteiger partial charge in [0.05, 0.1) is 0 Å². The third-order valence-corrected chi connectivity index (χ3v) is 3.94. The summed E-state index contributed by atoms with van der Waals surface area (Å²) in [5, 5.41) is 0. The highest BCUT2D eigenvalue weighted by Crippen LogP contribution is 2.30. The van der Waals surface area contributed by atoms with Crippen LogP contribution < -0.4 is 16.4 Å². The molecule has 2 aromatic rings. The molecule has 1 heterocycles. The average Bonchev–Trinajstić information content (AvgIpc) is 2.48. The predicted octanol–water partition coefficient (Wildman–Crippen LogP) is 2.32. The Morgan fingerprint density at radius 1 is 1.14 bits per heavy atom. The molecule has 3 rings (SSSR count). The minimum atomic E-state index is -0.391. The van der Waals surface area contributed by atoms with E-state index in [2.05, 4.69) is 11.0 Å². The molecule has 0 aliphatic carbocycles. The number of amides is 1. The summed E-state index contributed by atoms with van der Waals surface area (Å²) < 4.78 is 0. The van der Waals surface area contributed by atoms with Crippen LogP contribution >= 0.6 is 0 Å². The third-order valence-electron chi connectivity index (χ3n) is 3.94. The van der Waals surface area contributed by atoms with Gasteiger partial charge >= 0.3 is 0 Å². The highest BCUT2D eigenvalue weighted by Gasteiger charge is 2.17. The highest BCUT2D eigenvalue weighted by molar-refractivity contribution is 5.92. The maximum absolute atomic E-state index is 11.1. The summed E-state index contributed by atoms with van der Waals surface area (Å²) in [4.78, 5) is 13.4. The molecule has 4 nitrogen and oxygen atoms in total. The normalized spacial score (nSPS) is 13.8. The van der Waals surface area contributed by atoms with Crippen molar-refractivity contribution in [2.75, 3.05) is 17.2 Å². The number of rotatable bonds is 3. The molecule has 21 heavy (non-hydrogen) atoms. The molecule has 0 aromatic heterocycles. The SMILES string of the molecule is NC(=O)c1ccc(CN2CCCc3ccc(N)cc32)cc1. The molecule has 0 saturated heterocycles. The summed E-state index contributed by atoms with van der Waals surface area (Å²) >= 11 is 0. The van der Waals surface area contributed by atoms with Crippen LogP contribution in [0.25, 0.3) is 0 Å². The topological polar surface area (TPSA) is 72.4 Å². The van der Waals surface area contributed by atoms with E-state index < -0.39 is 5.91 Å². The van der Waals surface area contributed by atoms with Crippen molar-refractivity contribution in [2.45, 2.75) is 19.4 Å². The summed E-state index contributed by atoms with van der Waals surface area (Å²) in [6.07, 6.45) is 2.25. The van der Waals surface area contributed by atoms with Gasteiger partial charge in [-0.2, -0.15) is 0 Å². The van der Waals surface area contributed by atoms with E-state index in [1.165, 1.54) is 11.3 Å². The molecule has 1 amide bonds. The number of carbonyl (C=O) groups excluding carboxylic acids is 1. The third kappa shape index (κ3) is 2.84. The zero-order valence-corrected chi connectivity index (χ0v) is 11.9. The summed E-state index contributed by atoms with van der Waals surface area (Å²) in [6, 6.07) is 13.6. The molecule has 0 saturated carbocycles. The number of benzene rings is 2. The number of hydrogen-bond donors (Lipinski definition) is 2. The van der Waals surface area contributed by atoms with E-state index in [1.54, 1.807) is 12.1 Å². The van der Waals surface area contributed by atoms with Crippen molar-refractivity contribution in [3.8, 4) is 0 Å². The van der Waals surface area contributed by atoms with Gasteiger partial charge in [-0.15, -0.1) is 0 Å². The van der Waals surface area contributed by atoms with Crippen molar-refractivity contribution >= 4 is 17.3 Å². The Bertz CT molecular complexity index is 664. The number of nitrogens with zero attached hydrogens (tertiary/aromatic N) is 1. The fourth-order valence-electron chi connectivity index (χ4n) is 2.83. The fraction of sp³-hybridized carbons (Fsp3) is 0.235. The first-order valence-electron chi connectivity index (χ1n) is 7.15. The van der Waals surface area contributed by atoms with Crippen LogP contribution in [-0.2, 0) is 13.0 Å². The van der Waals surface area contributed by atoms with Crippen LogP contribution in [0.2, 0.25) is 0 Å². The van der Waals surface area contributed by atoms with E-state index in [0.717, 1.165) is 37.2 Å². The van der Waals surface area contributed by atoms with Crippen molar-refractivity contribution in [3.05, 3.63) is 59.2 Å². The first kappa shape index (κ1) is 13.5. The van der Waals surface area contributed by atoms with Gasteiger partial charge in [0.15, 0.2) is 0 Å². The van der Waals surface area contributed by atoms with Crippen LogP contribution in [0.3, 0.4) is 0 Å². The first-order valence-corrected chi connectivity index (χ1v) is 7.15. The molecular formula is C17H19N3O. The van der Waals surface area contributed by atoms with E-state index in [9.17, 15) is 4.79 Å². The molecule has 0 unspecified atom stereocenters. The smallest absolute Gasteiger partial charge is 0.248 e. The Morgan fingerprint density at radius 2 is 1.90 bits per heavy atom. The number of anilines is 2. The Kier molecular flexibility index (Phi) is 3.52. The highest BCUT2D eigenvalue weighted by atomic mass is 16.1. The zero-order valence-electron chi connectivity index (χ0n) is 11.9. The van der Waals surface area contributed by atoms with Crippen LogP contribution in [0.15, 0.2) is 42.5 Å². The lowest BCUT2D eigenvalue weighted by Gasteiger charge is -2.31. The van der Waals surface area contributed by atoms with Gasteiger partial charge in [0, 0.05) is 30.0 Å². The summed E-state index contributed by atoms with van der Waals surface area (Å²) in [5.74, 6) is -0.391. The van der Waals surface area contributed by atoms with Crippen LogP contribution in [0.4, 0.5) is 11.4 Å². The molecular weight excluding hydrogens is 262 g/mol. The van der Waals surface area contributed by atoms with Gasteiger partial charge in [0.1, 0.15) is 0 Å². The maximum Gasteiger partial charge on any atom is 0.248 e. The number of aryl methyl sites for hydroxylation is 1. The summed E-state index contributed by atoms with van der Waals surface area (Å²) in [6.45, 7) is 1.84. The number of hydrogen-bond acceptors (Lipinski definition) is 3. The number of carbonyl (C=O) groups is 1. The van der Waals surface area contributed by atoms with Crippen LogP contribution in [0.5, 0.6) is 0 Å². The lowest BCUT2D eigenvalue weighted by atomic mass is 10.0. The van der Waals surface area contributed by atoms with Crippen molar-refractivity contribution in [1.29, 1.82) is 0 Å². The Hall–Kier alpha value is -2.49. The van der Waals surface area contributed by atoms with Crippen LogP contribution in [-0.4, -0.2) is 12.5 Å². The number of primary amides is 1. The molecule has 0 bridgehead atoms. The largest absolute Gasteiger partial charge is 0.399 e. The second kappa shape index (κ2) is 5.48. The Morgan fingerprint density at radius 3 is 2.62 bits per heavy atom. The minimum absolute atomic E-state index is 0.391. The van der Waals surface area contributed by atoms with E-state index in [4.69, 9.17) is 11.5 Å². The van der Waals surface area contributed by atoms with E-state index in [-0.39, 0.29) is 0 Å². The van der Waals surface area contributed by atoms with Crippen LogP contribution in [0.1, 0.15) is 27.9 Å².